The van der Waals surface area contributed by atoms with E-state index in [1.807, 2.05) is 38.1 Å². The summed E-state index contributed by atoms with van der Waals surface area (Å²) in [6, 6.07) is 7.75. The van der Waals surface area contributed by atoms with Crippen molar-refractivity contribution in [2.75, 3.05) is 39.2 Å². The van der Waals surface area contributed by atoms with Crippen LogP contribution in [0.15, 0.2) is 34.2 Å². The molecular formula is C23H32N7O6P. The number of methoxy groups -OCH3 is 1. The number of anilines is 1. The third-order valence-corrected chi connectivity index (χ3v) is 6.28. The summed E-state index contributed by atoms with van der Waals surface area (Å²) in [5.74, 6) is -0.251. The van der Waals surface area contributed by atoms with Gasteiger partial charge in [0.1, 0.15) is 18.7 Å². The molecule has 0 saturated carbocycles. The van der Waals surface area contributed by atoms with Gasteiger partial charge in [-0.05, 0) is 31.9 Å². The number of aromatic nitrogens is 4. The molecule has 4 N–H and O–H groups in total. The lowest BCUT2D eigenvalue weighted by Gasteiger charge is -2.16. The van der Waals surface area contributed by atoms with E-state index in [4.69, 9.17) is 24.6 Å². The van der Waals surface area contributed by atoms with Crippen molar-refractivity contribution in [1.82, 2.24) is 24.6 Å². The zero-order valence-corrected chi connectivity index (χ0v) is 22.2. The maximum atomic E-state index is 12.7. The Morgan fingerprint density at radius 1 is 1.24 bits per heavy atom. The molecule has 14 heteroatoms. The first-order chi connectivity index (χ1) is 17.8. The third kappa shape index (κ3) is 8.24. The summed E-state index contributed by atoms with van der Waals surface area (Å²) in [5, 5.41) is 7.14. The van der Waals surface area contributed by atoms with Gasteiger partial charge in [-0.25, -0.2) is 4.79 Å². The number of ether oxygens (including phenoxy) is 3. The first-order valence-electron chi connectivity index (χ1n) is 11.6. The lowest BCUT2D eigenvalue weighted by atomic mass is 10.1. The number of aromatic amines is 1. The first kappa shape index (κ1) is 28.0. The van der Waals surface area contributed by atoms with Gasteiger partial charge in [0.25, 0.3) is 0 Å². The molecule has 0 saturated heterocycles. The van der Waals surface area contributed by atoms with Crippen molar-refractivity contribution in [1.29, 1.82) is 0 Å². The second-order valence-corrected chi connectivity index (χ2v) is 9.62. The highest BCUT2D eigenvalue weighted by Gasteiger charge is 2.17. The van der Waals surface area contributed by atoms with Gasteiger partial charge in [0.05, 0.1) is 25.5 Å². The normalized spacial score (nSPS) is 11.8. The van der Waals surface area contributed by atoms with Gasteiger partial charge >= 0.3 is 17.7 Å². The van der Waals surface area contributed by atoms with Gasteiger partial charge in [0.2, 0.25) is 0 Å². The zero-order valence-electron chi connectivity index (χ0n) is 21.3. The molecule has 3 rings (SSSR count). The number of hydrogen-bond donors (Lipinski definition) is 3. The van der Waals surface area contributed by atoms with Crippen LogP contribution in [0.2, 0.25) is 0 Å². The molecule has 1 aromatic carbocycles. The van der Waals surface area contributed by atoms with Crippen LogP contribution >= 0.6 is 8.30 Å². The smallest absolute Gasteiger partial charge is 0.328 e. The SMILES string of the molecule is CCOC(=O)CNP(Cc1cccc(Cn2c(=O)[nH]c3c(N)nc(OCCOC)nc32)c1)ON=C(C)C. The molecule has 0 radical (unpaired) electrons. The fourth-order valence-corrected chi connectivity index (χ4v) is 4.57. The van der Waals surface area contributed by atoms with Crippen LogP contribution in [0, 0.1) is 0 Å². The summed E-state index contributed by atoms with van der Waals surface area (Å²) in [4.78, 5) is 35.7. The first-order valence-corrected chi connectivity index (χ1v) is 13.1. The molecule has 1 atom stereocenters. The van der Waals surface area contributed by atoms with Crippen LogP contribution in [0.3, 0.4) is 0 Å². The van der Waals surface area contributed by atoms with Crippen LogP contribution in [0.1, 0.15) is 31.9 Å². The second-order valence-electron chi connectivity index (χ2n) is 8.06. The molecule has 0 spiro atoms. The highest BCUT2D eigenvalue weighted by molar-refractivity contribution is 7.49. The fraction of sp³-hybridized carbons (Fsp3) is 0.435. The Morgan fingerprint density at radius 3 is 2.76 bits per heavy atom. The number of rotatable bonds is 14. The second kappa shape index (κ2) is 13.7. The molecule has 3 aromatic rings. The maximum absolute atomic E-state index is 12.7. The number of hydrogen-bond acceptors (Lipinski definition) is 11. The minimum atomic E-state index is -1.30. The third-order valence-electron chi connectivity index (χ3n) is 4.83. The number of benzene rings is 1. The van der Waals surface area contributed by atoms with Crippen LogP contribution in [0.25, 0.3) is 11.2 Å². The maximum Gasteiger partial charge on any atom is 0.328 e. The Balaban J connectivity index is 1.80. The molecule has 2 heterocycles. The number of oxime groups is 1. The van der Waals surface area contributed by atoms with Crippen LogP contribution in [-0.4, -0.2) is 64.7 Å². The van der Waals surface area contributed by atoms with E-state index in [2.05, 4.69) is 25.2 Å². The van der Waals surface area contributed by atoms with Gasteiger partial charge in [-0.3, -0.25) is 14.4 Å². The fourth-order valence-electron chi connectivity index (χ4n) is 3.24. The van der Waals surface area contributed by atoms with Crippen molar-refractivity contribution in [3.8, 4) is 6.01 Å². The summed E-state index contributed by atoms with van der Waals surface area (Å²) in [6.07, 6.45) is 0.481. The van der Waals surface area contributed by atoms with Crippen LogP contribution in [0.5, 0.6) is 6.01 Å². The lowest BCUT2D eigenvalue weighted by molar-refractivity contribution is -0.141. The van der Waals surface area contributed by atoms with E-state index in [0.717, 1.165) is 16.8 Å². The zero-order chi connectivity index (χ0) is 26.8. The van der Waals surface area contributed by atoms with E-state index in [-0.39, 0.29) is 43.2 Å². The topological polar surface area (TPSA) is 168 Å². The van der Waals surface area contributed by atoms with Gasteiger partial charge in [0.15, 0.2) is 19.8 Å². The van der Waals surface area contributed by atoms with Crippen molar-refractivity contribution < 1.29 is 23.6 Å². The highest BCUT2D eigenvalue weighted by atomic mass is 31.2. The van der Waals surface area contributed by atoms with E-state index in [1.54, 1.807) is 14.0 Å². The number of carbonyl (C=O) groups excluding carboxylic acids is 1. The molecule has 0 fully saturated rings. The van der Waals surface area contributed by atoms with Crippen LogP contribution in [-0.2, 0) is 31.6 Å². The van der Waals surface area contributed by atoms with Crippen molar-refractivity contribution in [3.63, 3.8) is 0 Å². The van der Waals surface area contributed by atoms with Gasteiger partial charge in [-0.2, -0.15) is 9.97 Å². The highest BCUT2D eigenvalue weighted by Crippen LogP contribution is 2.37. The van der Waals surface area contributed by atoms with E-state index in [1.165, 1.54) is 4.57 Å². The molecule has 0 aliphatic rings. The molecule has 0 aliphatic carbocycles. The monoisotopic (exact) mass is 533 g/mol. The average molecular weight is 534 g/mol. The summed E-state index contributed by atoms with van der Waals surface area (Å²) in [7, 11) is 0.256. The van der Waals surface area contributed by atoms with E-state index < -0.39 is 8.30 Å². The predicted octanol–water partition coefficient (Wildman–Crippen LogP) is 2.15. The Bertz CT molecular complexity index is 1290. The summed E-state index contributed by atoms with van der Waals surface area (Å²) in [6.45, 7) is 6.55. The Labute approximate surface area is 215 Å². The Morgan fingerprint density at radius 2 is 2.03 bits per heavy atom. The van der Waals surface area contributed by atoms with E-state index >= 15 is 0 Å². The number of imidazole rings is 1. The number of nitrogens with one attached hydrogen (secondary N) is 2. The molecular weight excluding hydrogens is 501 g/mol. The van der Waals surface area contributed by atoms with Crippen LogP contribution in [0.4, 0.5) is 5.82 Å². The summed E-state index contributed by atoms with van der Waals surface area (Å²) in [5.41, 5.74) is 8.88. The van der Waals surface area contributed by atoms with Gasteiger partial charge in [-0.15, -0.1) is 0 Å². The molecule has 2 aromatic heterocycles. The minimum absolute atomic E-state index is 0.0121. The number of nitrogens with zero attached hydrogens (tertiary/aromatic N) is 4. The minimum Gasteiger partial charge on any atom is -0.465 e. The van der Waals surface area contributed by atoms with Gasteiger partial charge in [0, 0.05) is 13.3 Å². The quantitative estimate of drug-likeness (QED) is 0.0918. The molecule has 0 aliphatic heterocycles. The number of nitrogen functional groups attached to an aromatic ring is 1. The van der Waals surface area contributed by atoms with Crippen LogP contribution < -0.4 is 21.2 Å². The summed E-state index contributed by atoms with van der Waals surface area (Å²) >= 11 is 0. The van der Waals surface area contributed by atoms with Gasteiger partial charge in [-0.1, -0.05) is 29.4 Å². The molecule has 200 valence electrons. The molecule has 37 heavy (non-hydrogen) atoms. The molecule has 0 amide bonds. The van der Waals surface area contributed by atoms with Crippen molar-refractivity contribution in [2.24, 2.45) is 5.16 Å². The number of nitrogens with two attached hydrogens (primary N) is 1. The van der Waals surface area contributed by atoms with Crippen molar-refractivity contribution in [2.45, 2.75) is 33.5 Å². The summed E-state index contributed by atoms with van der Waals surface area (Å²) < 4.78 is 22.6. The lowest BCUT2D eigenvalue weighted by Crippen LogP contribution is -2.22. The van der Waals surface area contributed by atoms with E-state index in [9.17, 15) is 9.59 Å². The number of carbonyl (C=O) groups is 1. The predicted molar refractivity (Wildman–Crippen MR) is 141 cm³/mol. The average Bonchev–Trinajstić information content (AvgIpc) is 3.17. The van der Waals surface area contributed by atoms with E-state index in [0.29, 0.717) is 30.5 Å². The van der Waals surface area contributed by atoms with Crippen molar-refractivity contribution >= 4 is 37.0 Å². The Kier molecular flexibility index (Phi) is 10.4. The number of H-pyrrole nitrogens is 1. The standard InChI is InChI=1S/C23H32N7O6P/c1-5-34-18(31)12-25-37(36-29-15(2)3)14-17-8-6-7-16(11-17)13-30-21-19(26-23(30)32)20(24)27-22(28-21)35-10-9-33-4/h6-8,11,25H,5,9-10,12-14H2,1-4H3,(H,26,32)(H2,24,27,28). The molecule has 13 nitrogen and oxygen atoms in total. The van der Waals surface area contributed by atoms with Gasteiger partial charge < -0.3 is 29.6 Å². The van der Waals surface area contributed by atoms with Crippen molar-refractivity contribution in [3.05, 3.63) is 45.9 Å². The molecule has 1 unspecified atom stereocenters. The number of fused-ring (bicyclic) bond motifs is 1. The Hall–Kier alpha value is -3.54. The number of esters is 1. The largest absolute Gasteiger partial charge is 0.465 e. The molecule has 0 bridgehead atoms.